The molecule has 3 rings (SSSR count). The maximum Gasteiger partial charge on any atom is 0.255 e. The molecular weight excluding hydrogens is 443 g/mol. The Morgan fingerprint density at radius 2 is 1.53 bits per heavy atom. The number of nitrogens with zero attached hydrogens (tertiary/aromatic N) is 1. The van der Waals surface area contributed by atoms with Crippen LogP contribution in [0.5, 0.6) is 0 Å². The number of hydrogen-bond acceptors (Lipinski definition) is 3. The van der Waals surface area contributed by atoms with Crippen molar-refractivity contribution in [2.24, 2.45) is 0 Å². The van der Waals surface area contributed by atoms with Crippen LogP contribution in [0.4, 0.5) is 11.4 Å². The van der Waals surface area contributed by atoms with Crippen molar-refractivity contribution in [1.82, 2.24) is 0 Å². The minimum absolute atomic E-state index is 0.201. The molecule has 3 aromatic carbocycles. The zero-order chi connectivity index (χ0) is 21.9. The number of rotatable bonds is 6. The third-order valence-corrected chi connectivity index (χ3v) is 6.36. The highest BCUT2D eigenvalue weighted by Gasteiger charge is 2.19. The Balaban J connectivity index is 1.85. The third-order valence-electron chi connectivity index (χ3n) is 4.59. The van der Waals surface area contributed by atoms with E-state index >= 15 is 0 Å². The normalized spacial score (nSPS) is 11.2. The van der Waals surface area contributed by atoms with Crippen LogP contribution < -0.4 is 9.62 Å². The van der Waals surface area contributed by atoms with E-state index in [2.05, 4.69) is 5.32 Å². The molecule has 0 aliphatic heterocycles. The quantitative estimate of drug-likeness (QED) is 0.524. The van der Waals surface area contributed by atoms with Crippen molar-refractivity contribution < 1.29 is 13.2 Å². The molecule has 0 unspecified atom stereocenters. The SMILES string of the molecule is Cc1ccccc1CN(c1ccc(C(=O)Nc2c(Cl)cccc2Cl)cc1)S(C)(=O)=O. The summed E-state index contributed by atoms with van der Waals surface area (Å²) < 4.78 is 26.1. The van der Waals surface area contributed by atoms with Crippen LogP contribution in [0, 0.1) is 6.92 Å². The van der Waals surface area contributed by atoms with Crippen molar-refractivity contribution in [2.75, 3.05) is 15.9 Å². The van der Waals surface area contributed by atoms with Crippen molar-refractivity contribution >= 4 is 50.5 Å². The highest BCUT2D eigenvalue weighted by atomic mass is 35.5. The summed E-state index contributed by atoms with van der Waals surface area (Å²) >= 11 is 12.2. The minimum atomic E-state index is -3.53. The summed E-state index contributed by atoms with van der Waals surface area (Å²) in [6.07, 6.45) is 1.16. The van der Waals surface area contributed by atoms with Gasteiger partial charge in [-0.15, -0.1) is 0 Å². The lowest BCUT2D eigenvalue weighted by Crippen LogP contribution is -2.29. The smallest absolute Gasteiger partial charge is 0.255 e. The molecule has 0 radical (unpaired) electrons. The van der Waals surface area contributed by atoms with Crippen LogP contribution >= 0.6 is 23.2 Å². The van der Waals surface area contributed by atoms with Gasteiger partial charge in [-0.25, -0.2) is 8.42 Å². The number of benzene rings is 3. The van der Waals surface area contributed by atoms with Crippen molar-refractivity contribution in [3.05, 3.63) is 93.5 Å². The van der Waals surface area contributed by atoms with Crippen LogP contribution in [-0.4, -0.2) is 20.6 Å². The van der Waals surface area contributed by atoms with E-state index in [4.69, 9.17) is 23.2 Å². The van der Waals surface area contributed by atoms with Crippen LogP contribution in [-0.2, 0) is 16.6 Å². The lowest BCUT2D eigenvalue weighted by Gasteiger charge is -2.23. The number of amides is 1. The molecule has 156 valence electrons. The van der Waals surface area contributed by atoms with E-state index in [-0.39, 0.29) is 6.54 Å². The van der Waals surface area contributed by atoms with Crippen LogP contribution in [0.15, 0.2) is 66.7 Å². The maximum absolute atomic E-state index is 12.6. The number of carbonyl (C=O) groups excluding carboxylic acids is 1. The van der Waals surface area contributed by atoms with Crippen LogP contribution in [0.3, 0.4) is 0 Å². The standard InChI is InChI=1S/C22H20Cl2N2O3S/c1-15-6-3-4-7-17(15)14-26(30(2,28)29)18-12-10-16(11-13-18)22(27)25-21-19(23)8-5-9-20(21)24/h3-13H,14H2,1-2H3,(H,25,27). The highest BCUT2D eigenvalue weighted by Crippen LogP contribution is 2.30. The van der Waals surface area contributed by atoms with Crippen molar-refractivity contribution in [3.63, 3.8) is 0 Å². The molecule has 0 aromatic heterocycles. The number of aryl methyl sites for hydroxylation is 1. The summed E-state index contributed by atoms with van der Waals surface area (Å²) in [4.78, 5) is 12.6. The average Bonchev–Trinajstić information content (AvgIpc) is 2.69. The van der Waals surface area contributed by atoms with Crippen LogP contribution in [0.1, 0.15) is 21.5 Å². The van der Waals surface area contributed by atoms with Gasteiger partial charge < -0.3 is 5.32 Å². The van der Waals surface area contributed by atoms with Gasteiger partial charge in [0.25, 0.3) is 5.91 Å². The first-order chi connectivity index (χ1) is 14.2. The molecule has 3 aromatic rings. The Kier molecular flexibility index (Phi) is 6.71. The predicted octanol–water partition coefficient (Wildman–Crippen LogP) is 5.52. The number of anilines is 2. The highest BCUT2D eigenvalue weighted by molar-refractivity contribution is 7.92. The lowest BCUT2D eigenvalue weighted by atomic mass is 10.1. The zero-order valence-electron chi connectivity index (χ0n) is 16.4. The van der Waals surface area contributed by atoms with Gasteiger partial charge in [0.05, 0.1) is 34.2 Å². The molecule has 1 amide bonds. The molecule has 0 heterocycles. The van der Waals surface area contributed by atoms with Crippen molar-refractivity contribution in [3.8, 4) is 0 Å². The summed E-state index contributed by atoms with van der Waals surface area (Å²) in [7, 11) is -3.53. The number of carbonyl (C=O) groups is 1. The van der Waals surface area contributed by atoms with Gasteiger partial charge >= 0.3 is 0 Å². The first-order valence-corrected chi connectivity index (χ1v) is 11.6. The minimum Gasteiger partial charge on any atom is -0.319 e. The molecule has 8 heteroatoms. The molecule has 0 saturated heterocycles. The van der Waals surface area contributed by atoms with Gasteiger partial charge in [-0.2, -0.15) is 0 Å². The van der Waals surface area contributed by atoms with E-state index in [0.29, 0.717) is 27.0 Å². The second kappa shape index (κ2) is 9.08. The lowest BCUT2D eigenvalue weighted by molar-refractivity contribution is 0.102. The Bertz CT molecular complexity index is 1160. The Morgan fingerprint density at radius 3 is 2.10 bits per heavy atom. The molecule has 0 bridgehead atoms. The molecular formula is C22H20Cl2N2O3S. The largest absolute Gasteiger partial charge is 0.319 e. The van der Waals surface area contributed by atoms with Gasteiger partial charge in [-0.1, -0.05) is 53.5 Å². The Hall–Kier alpha value is -2.54. The maximum atomic E-state index is 12.6. The zero-order valence-corrected chi connectivity index (χ0v) is 18.7. The number of nitrogens with one attached hydrogen (secondary N) is 1. The predicted molar refractivity (Wildman–Crippen MR) is 123 cm³/mol. The van der Waals surface area contributed by atoms with Crippen molar-refractivity contribution in [2.45, 2.75) is 13.5 Å². The Labute approximate surface area is 186 Å². The van der Waals surface area contributed by atoms with E-state index in [9.17, 15) is 13.2 Å². The summed E-state index contributed by atoms with van der Waals surface area (Å²) in [6, 6.07) is 18.9. The second-order valence-electron chi connectivity index (χ2n) is 6.79. The van der Waals surface area contributed by atoms with Gasteiger partial charge in [-0.3, -0.25) is 9.10 Å². The third kappa shape index (κ3) is 5.14. The molecule has 0 aliphatic rings. The Morgan fingerprint density at radius 1 is 0.933 bits per heavy atom. The average molecular weight is 463 g/mol. The van der Waals surface area contributed by atoms with E-state index in [1.807, 2.05) is 31.2 Å². The summed E-state index contributed by atoms with van der Waals surface area (Å²) in [5.41, 5.74) is 3.04. The van der Waals surface area contributed by atoms with Gasteiger partial charge in [0.2, 0.25) is 10.0 Å². The number of halogens is 2. The molecule has 30 heavy (non-hydrogen) atoms. The van der Waals surface area contributed by atoms with Gasteiger partial charge in [0.15, 0.2) is 0 Å². The van der Waals surface area contributed by atoms with Gasteiger partial charge in [0, 0.05) is 5.56 Å². The molecule has 5 nitrogen and oxygen atoms in total. The molecule has 0 atom stereocenters. The van der Waals surface area contributed by atoms with Gasteiger partial charge in [0.1, 0.15) is 0 Å². The molecule has 0 aliphatic carbocycles. The van der Waals surface area contributed by atoms with Crippen LogP contribution in [0.2, 0.25) is 10.0 Å². The van der Waals surface area contributed by atoms with E-state index in [1.54, 1.807) is 42.5 Å². The molecule has 0 fully saturated rings. The fourth-order valence-electron chi connectivity index (χ4n) is 2.92. The summed E-state index contributed by atoms with van der Waals surface area (Å²) in [5.74, 6) is -0.402. The van der Waals surface area contributed by atoms with Crippen LogP contribution in [0.25, 0.3) is 0 Å². The molecule has 0 spiro atoms. The monoisotopic (exact) mass is 462 g/mol. The topological polar surface area (TPSA) is 66.5 Å². The summed E-state index contributed by atoms with van der Waals surface area (Å²) in [6.45, 7) is 2.13. The van der Waals surface area contributed by atoms with E-state index in [0.717, 1.165) is 17.4 Å². The summed E-state index contributed by atoms with van der Waals surface area (Å²) in [5, 5.41) is 3.34. The fourth-order valence-corrected chi connectivity index (χ4v) is 4.29. The van der Waals surface area contributed by atoms with E-state index < -0.39 is 15.9 Å². The fraction of sp³-hybridized carbons (Fsp3) is 0.136. The van der Waals surface area contributed by atoms with Gasteiger partial charge in [-0.05, 0) is 54.4 Å². The number of hydrogen-bond donors (Lipinski definition) is 1. The number of para-hydroxylation sites is 1. The molecule has 1 N–H and O–H groups in total. The van der Waals surface area contributed by atoms with E-state index in [1.165, 1.54) is 4.31 Å². The first kappa shape index (κ1) is 22.2. The first-order valence-electron chi connectivity index (χ1n) is 9.04. The molecule has 0 saturated carbocycles. The second-order valence-corrected chi connectivity index (χ2v) is 9.51. The number of sulfonamides is 1. The van der Waals surface area contributed by atoms with Crippen molar-refractivity contribution in [1.29, 1.82) is 0 Å².